The van der Waals surface area contributed by atoms with E-state index in [1.165, 1.54) is 36.0 Å². The van der Waals surface area contributed by atoms with E-state index in [9.17, 15) is 4.79 Å². The van der Waals surface area contributed by atoms with Crippen LogP contribution in [0.5, 0.6) is 0 Å². The Kier molecular flexibility index (Phi) is 8.45. The molecule has 0 saturated carbocycles. The van der Waals surface area contributed by atoms with Gasteiger partial charge in [-0.25, -0.2) is 0 Å². The van der Waals surface area contributed by atoms with E-state index in [-0.39, 0.29) is 11.3 Å². The first-order chi connectivity index (χ1) is 13.8. The summed E-state index contributed by atoms with van der Waals surface area (Å²) in [6.45, 7) is 12.7. The lowest BCUT2D eigenvalue weighted by molar-refractivity contribution is -0.115. The number of nitrogens with one attached hydrogen (secondary N) is 1. The lowest BCUT2D eigenvalue weighted by atomic mass is 9.72. The van der Waals surface area contributed by atoms with Gasteiger partial charge in [-0.2, -0.15) is 0 Å². The molecule has 0 spiro atoms. The Morgan fingerprint density at radius 2 is 1.79 bits per heavy atom. The van der Waals surface area contributed by atoms with Crippen LogP contribution in [0.3, 0.4) is 0 Å². The molecule has 0 atom stereocenters. The lowest BCUT2D eigenvalue weighted by Crippen LogP contribution is -2.19. The number of benzene rings is 1. The first-order valence-corrected chi connectivity index (χ1v) is 10.4. The number of allylic oxidation sites excluding steroid dienone is 9. The van der Waals surface area contributed by atoms with Crippen molar-refractivity contribution in [1.82, 2.24) is 5.32 Å². The molecule has 1 aromatic carbocycles. The third kappa shape index (κ3) is 7.73. The van der Waals surface area contributed by atoms with E-state index < -0.39 is 0 Å². The first kappa shape index (κ1) is 22.7. The summed E-state index contributed by atoms with van der Waals surface area (Å²) in [5, 5.41) is 2.79. The quantitative estimate of drug-likeness (QED) is 0.402. The number of rotatable bonds is 7. The Bertz CT molecular complexity index is 848. The van der Waals surface area contributed by atoms with Crippen LogP contribution in [0.1, 0.15) is 59.4 Å². The van der Waals surface area contributed by atoms with Gasteiger partial charge in [-0.1, -0.05) is 85.7 Å². The van der Waals surface area contributed by atoms with Gasteiger partial charge >= 0.3 is 0 Å². The molecule has 1 radical (unpaired) electrons. The minimum atomic E-state index is -0.126. The van der Waals surface area contributed by atoms with E-state index >= 15 is 0 Å². The molecule has 2 heteroatoms. The fourth-order valence-electron chi connectivity index (χ4n) is 3.63. The molecule has 0 bridgehead atoms. The molecule has 0 heterocycles. The summed E-state index contributed by atoms with van der Waals surface area (Å²) in [4.78, 5) is 12.0. The third-order valence-electron chi connectivity index (χ3n) is 5.31. The molecule has 2 rings (SSSR count). The maximum absolute atomic E-state index is 12.0. The Balaban J connectivity index is 1.90. The topological polar surface area (TPSA) is 29.1 Å². The zero-order valence-electron chi connectivity index (χ0n) is 18.5. The Morgan fingerprint density at radius 3 is 2.48 bits per heavy atom. The average molecular weight is 389 g/mol. The van der Waals surface area contributed by atoms with Crippen molar-refractivity contribution in [2.45, 2.75) is 53.9 Å². The van der Waals surface area contributed by atoms with E-state index in [0.717, 1.165) is 11.1 Å². The maximum atomic E-state index is 12.0. The number of hydrogen-bond acceptors (Lipinski definition) is 1. The van der Waals surface area contributed by atoms with Crippen LogP contribution < -0.4 is 5.32 Å². The van der Waals surface area contributed by atoms with Gasteiger partial charge in [0.05, 0.1) is 6.54 Å². The van der Waals surface area contributed by atoms with Crippen LogP contribution in [0, 0.1) is 12.0 Å². The van der Waals surface area contributed by atoms with E-state index in [4.69, 9.17) is 0 Å². The second kappa shape index (κ2) is 10.8. The maximum Gasteiger partial charge on any atom is 0.244 e. The fourth-order valence-corrected chi connectivity index (χ4v) is 3.63. The van der Waals surface area contributed by atoms with E-state index in [2.05, 4.69) is 51.2 Å². The summed E-state index contributed by atoms with van der Waals surface area (Å²) in [6.07, 6.45) is 15.8. The Labute approximate surface area is 176 Å². The van der Waals surface area contributed by atoms with Gasteiger partial charge in [0.2, 0.25) is 5.91 Å². The van der Waals surface area contributed by atoms with E-state index in [0.29, 0.717) is 0 Å². The molecule has 0 aromatic heterocycles. The molecule has 1 aliphatic rings. The van der Waals surface area contributed by atoms with Crippen LogP contribution >= 0.6 is 0 Å². The summed E-state index contributed by atoms with van der Waals surface area (Å²) in [5.41, 5.74) is 6.32. The van der Waals surface area contributed by atoms with Crippen molar-refractivity contribution in [3.05, 3.63) is 101 Å². The fraction of sp³-hybridized carbons (Fsp3) is 0.333. The number of carbonyl (C=O) groups excluding carboxylic acids is 1. The molecule has 153 valence electrons. The largest absolute Gasteiger partial charge is 0.343 e. The molecule has 29 heavy (non-hydrogen) atoms. The molecule has 0 aliphatic heterocycles. The van der Waals surface area contributed by atoms with E-state index in [1.807, 2.05) is 49.4 Å². The van der Waals surface area contributed by atoms with Crippen LogP contribution in [0.2, 0.25) is 0 Å². The highest BCUT2D eigenvalue weighted by Crippen LogP contribution is 2.40. The summed E-state index contributed by atoms with van der Waals surface area (Å²) in [7, 11) is 0. The van der Waals surface area contributed by atoms with Crippen molar-refractivity contribution >= 4 is 5.91 Å². The molecule has 2 nitrogen and oxygen atoms in total. The number of hydrogen-bond donors (Lipinski definition) is 1. The monoisotopic (exact) mass is 388 g/mol. The van der Waals surface area contributed by atoms with Crippen LogP contribution in [-0.4, -0.2) is 5.91 Å². The normalized spacial score (nSPS) is 18.0. The van der Waals surface area contributed by atoms with Gasteiger partial charge in [-0.05, 0) is 62.2 Å². The summed E-state index contributed by atoms with van der Waals surface area (Å²) in [5.74, 6) is -0.126. The van der Waals surface area contributed by atoms with Gasteiger partial charge in [0.25, 0.3) is 0 Å². The summed E-state index contributed by atoms with van der Waals surface area (Å²) >= 11 is 0. The second-order valence-electron chi connectivity index (χ2n) is 8.49. The second-order valence-corrected chi connectivity index (χ2v) is 8.49. The number of carbonyl (C=O) groups is 1. The molecule has 0 unspecified atom stereocenters. The Hall–Kier alpha value is -2.61. The summed E-state index contributed by atoms with van der Waals surface area (Å²) < 4.78 is 0. The van der Waals surface area contributed by atoms with Gasteiger partial charge in [0.1, 0.15) is 0 Å². The van der Waals surface area contributed by atoms with Crippen molar-refractivity contribution in [2.24, 2.45) is 5.41 Å². The highest BCUT2D eigenvalue weighted by Gasteiger charge is 2.26. The highest BCUT2D eigenvalue weighted by molar-refractivity contribution is 5.89. The van der Waals surface area contributed by atoms with Crippen molar-refractivity contribution in [1.29, 1.82) is 0 Å². The molecule has 1 aromatic rings. The lowest BCUT2D eigenvalue weighted by Gasteiger charge is -2.32. The molecular formula is C27H34NO. The summed E-state index contributed by atoms with van der Waals surface area (Å²) in [6, 6.07) is 9.73. The van der Waals surface area contributed by atoms with Crippen molar-refractivity contribution < 1.29 is 4.79 Å². The van der Waals surface area contributed by atoms with Gasteiger partial charge < -0.3 is 5.32 Å². The molecule has 0 fully saturated rings. The van der Waals surface area contributed by atoms with Crippen LogP contribution in [0.25, 0.3) is 0 Å². The molecule has 1 aliphatic carbocycles. The molecule has 1 amide bonds. The van der Waals surface area contributed by atoms with Gasteiger partial charge in [-0.3, -0.25) is 4.79 Å². The van der Waals surface area contributed by atoms with Crippen LogP contribution in [0.15, 0.2) is 89.1 Å². The highest BCUT2D eigenvalue weighted by atomic mass is 16.1. The van der Waals surface area contributed by atoms with Gasteiger partial charge in [0, 0.05) is 6.08 Å². The van der Waals surface area contributed by atoms with Crippen molar-refractivity contribution in [2.75, 3.05) is 0 Å². The third-order valence-corrected chi connectivity index (χ3v) is 5.31. The van der Waals surface area contributed by atoms with Crippen molar-refractivity contribution in [3.8, 4) is 0 Å². The predicted octanol–water partition coefficient (Wildman–Crippen LogP) is 6.84. The number of amides is 1. The van der Waals surface area contributed by atoms with Crippen molar-refractivity contribution in [3.63, 3.8) is 0 Å². The molecular weight excluding hydrogens is 354 g/mol. The zero-order chi connectivity index (χ0) is 21.3. The molecule has 1 N–H and O–H groups in total. The Morgan fingerprint density at radius 1 is 1.07 bits per heavy atom. The van der Waals surface area contributed by atoms with Crippen LogP contribution in [-0.2, 0) is 4.79 Å². The minimum absolute atomic E-state index is 0.126. The van der Waals surface area contributed by atoms with Gasteiger partial charge in [0.15, 0.2) is 0 Å². The van der Waals surface area contributed by atoms with Gasteiger partial charge in [-0.15, -0.1) is 0 Å². The smallest absolute Gasteiger partial charge is 0.244 e. The van der Waals surface area contributed by atoms with E-state index in [1.54, 1.807) is 12.6 Å². The standard InChI is InChI=1S/C27H34NO/c1-21(16-17-25-23(3)13-10-18-27(25,4)5)11-9-12-22(2)19-26(29)28-20-24-14-7-6-8-15-24/h6-9,11-12,14-17,19-20H,10,13,18H2,1-5H3,(H,28,29). The minimum Gasteiger partial charge on any atom is -0.343 e. The zero-order valence-corrected chi connectivity index (χ0v) is 18.5. The average Bonchev–Trinajstić information content (AvgIpc) is 2.66. The predicted molar refractivity (Wildman–Crippen MR) is 124 cm³/mol. The molecule has 0 saturated heterocycles. The SMILES string of the molecule is CC(C=CC1=C(C)CCCC1(C)C)=CC=CC(C)=CC(=O)N[CH]c1ccccc1. The first-order valence-electron chi connectivity index (χ1n) is 10.4. The van der Waals surface area contributed by atoms with Crippen LogP contribution in [0.4, 0.5) is 0 Å².